The van der Waals surface area contributed by atoms with Crippen molar-refractivity contribution in [1.29, 1.82) is 0 Å². The van der Waals surface area contributed by atoms with Crippen LogP contribution >= 0.6 is 0 Å². The molecular weight excluding hydrogens is 323 g/mol. The molecule has 0 aliphatic carbocycles. The Hall–Kier alpha value is -2.51. The van der Waals surface area contributed by atoms with E-state index in [0.717, 1.165) is 6.42 Å². The van der Waals surface area contributed by atoms with Crippen molar-refractivity contribution in [3.8, 4) is 0 Å². The second-order valence-electron chi connectivity index (χ2n) is 5.10. The highest BCUT2D eigenvalue weighted by atomic mass is 19.4. The molecule has 1 unspecified atom stereocenters. The van der Waals surface area contributed by atoms with E-state index in [9.17, 15) is 22.8 Å². The fourth-order valence-electron chi connectivity index (χ4n) is 1.87. The molecule has 0 bridgehead atoms. The predicted octanol–water partition coefficient (Wildman–Crippen LogP) is 3.45. The van der Waals surface area contributed by atoms with Crippen molar-refractivity contribution >= 4 is 17.6 Å². The van der Waals surface area contributed by atoms with Gasteiger partial charge in [-0.3, -0.25) is 4.79 Å². The minimum absolute atomic E-state index is 0.0325. The molecule has 1 atom stereocenters. The average molecular weight is 343 g/mol. The number of anilines is 1. The molecule has 0 fully saturated rings. The van der Waals surface area contributed by atoms with Crippen LogP contribution in [0, 0.1) is 0 Å². The summed E-state index contributed by atoms with van der Waals surface area (Å²) in [6, 6.07) is 5.12. The Bertz CT molecular complexity index is 571. The molecular formula is C16H20F3N3O2. The fourth-order valence-corrected chi connectivity index (χ4v) is 1.87. The summed E-state index contributed by atoms with van der Waals surface area (Å²) >= 11 is 0. The molecule has 0 saturated heterocycles. The number of halogens is 3. The highest BCUT2D eigenvalue weighted by molar-refractivity contribution is 5.95. The topological polar surface area (TPSA) is 70.2 Å². The van der Waals surface area contributed by atoms with Crippen LogP contribution in [-0.4, -0.2) is 30.7 Å². The molecule has 0 aromatic heterocycles. The zero-order valence-electron chi connectivity index (χ0n) is 13.2. The van der Waals surface area contributed by atoms with Crippen LogP contribution in [0.4, 0.5) is 23.7 Å². The molecule has 3 amide bonds. The molecule has 0 saturated carbocycles. The molecule has 3 N–H and O–H groups in total. The van der Waals surface area contributed by atoms with Crippen molar-refractivity contribution in [2.45, 2.75) is 32.0 Å². The van der Waals surface area contributed by atoms with Gasteiger partial charge in [-0.25, -0.2) is 4.79 Å². The summed E-state index contributed by atoms with van der Waals surface area (Å²) in [5, 5.41) is 7.13. The Kier molecular flexibility index (Phi) is 7.29. The quantitative estimate of drug-likeness (QED) is 0.664. The first-order valence-electron chi connectivity index (χ1n) is 7.38. The van der Waals surface area contributed by atoms with Crippen molar-refractivity contribution < 1.29 is 22.8 Å². The lowest BCUT2D eigenvalue weighted by molar-refractivity contribution is -0.123. The number of rotatable bonds is 7. The summed E-state index contributed by atoms with van der Waals surface area (Å²) in [7, 11) is 0. The number of carbonyl (C=O) groups is 2. The molecule has 1 aromatic rings. The van der Waals surface area contributed by atoms with Crippen LogP contribution in [0.5, 0.6) is 0 Å². The molecule has 0 spiro atoms. The SMILES string of the molecule is C=CCC(CC)NC(=O)Nc1ccc(C(=O)NCC(F)(F)F)cc1. The number of urea groups is 1. The minimum atomic E-state index is -4.46. The zero-order valence-corrected chi connectivity index (χ0v) is 13.2. The van der Waals surface area contributed by atoms with Crippen LogP contribution in [0.1, 0.15) is 30.1 Å². The number of hydrogen-bond donors (Lipinski definition) is 3. The van der Waals surface area contributed by atoms with Crippen molar-refractivity contribution in [3.63, 3.8) is 0 Å². The van der Waals surface area contributed by atoms with E-state index in [4.69, 9.17) is 0 Å². The Labute approximate surface area is 138 Å². The van der Waals surface area contributed by atoms with E-state index in [0.29, 0.717) is 12.1 Å². The minimum Gasteiger partial charge on any atom is -0.343 e. The Morgan fingerprint density at radius 1 is 1.25 bits per heavy atom. The predicted molar refractivity (Wildman–Crippen MR) is 85.9 cm³/mol. The molecule has 0 aliphatic heterocycles. The second kappa shape index (κ2) is 8.95. The van der Waals surface area contributed by atoms with Crippen molar-refractivity contribution in [2.75, 3.05) is 11.9 Å². The van der Waals surface area contributed by atoms with Crippen LogP contribution in [0.2, 0.25) is 0 Å². The Morgan fingerprint density at radius 3 is 2.38 bits per heavy atom. The molecule has 24 heavy (non-hydrogen) atoms. The first-order valence-corrected chi connectivity index (χ1v) is 7.38. The monoisotopic (exact) mass is 343 g/mol. The standard InChI is InChI=1S/C16H20F3N3O2/c1-3-5-12(4-2)21-15(24)22-13-8-6-11(7-9-13)14(23)20-10-16(17,18)19/h3,6-9,12H,1,4-5,10H2,2H3,(H,20,23)(H2,21,22,24). The summed E-state index contributed by atoms with van der Waals surface area (Å²) in [5.41, 5.74) is 0.497. The first kappa shape index (κ1) is 19.5. The highest BCUT2D eigenvalue weighted by Crippen LogP contribution is 2.14. The van der Waals surface area contributed by atoms with E-state index in [1.165, 1.54) is 24.3 Å². The van der Waals surface area contributed by atoms with Gasteiger partial charge in [0.05, 0.1) is 0 Å². The van der Waals surface area contributed by atoms with Gasteiger partial charge in [0.15, 0.2) is 0 Å². The molecule has 132 valence electrons. The van der Waals surface area contributed by atoms with E-state index < -0.39 is 24.7 Å². The van der Waals surface area contributed by atoms with Gasteiger partial charge in [0.25, 0.3) is 5.91 Å². The van der Waals surface area contributed by atoms with Crippen LogP contribution in [0.3, 0.4) is 0 Å². The maximum atomic E-state index is 12.1. The lowest BCUT2D eigenvalue weighted by atomic mass is 10.1. The average Bonchev–Trinajstić information content (AvgIpc) is 2.52. The van der Waals surface area contributed by atoms with Gasteiger partial charge < -0.3 is 16.0 Å². The van der Waals surface area contributed by atoms with Crippen LogP contribution < -0.4 is 16.0 Å². The number of hydrogen-bond acceptors (Lipinski definition) is 2. The van der Waals surface area contributed by atoms with E-state index in [1.54, 1.807) is 11.4 Å². The smallest absolute Gasteiger partial charge is 0.343 e. The summed E-state index contributed by atoms with van der Waals surface area (Å²) < 4.78 is 36.2. The zero-order chi connectivity index (χ0) is 18.2. The third kappa shape index (κ3) is 7.17. The fraction of sp³-hybridized carbons (Fsp3) is 0.375. The third-order valence-electron chi connectivity index (χ3n) is 3.13. The van der Waals surface area contributed by atoms with Crippen LogP contribution in [0.15, 0.2) is 36.9 Å². The van der Waals surface area contributed by atoms with E-state index >= 15 is 0 Å². The molecule has 0 radical (unpaired) electrons. The van der Waals surface area contributed by atoms with Gasteiger partial charge in [0.1, 0.15) is 6.54 Å². The van der Waals surface area contributed by atoms with Crippen LogP contribution in [-0.2, 0) is 0 Å². The van der Waals surface area contributed by atoms with E-state index in [-0.39, 0.29) is 11.6 Å². The largest absolute Gasteiger partial charge is 0.405 e. The van der Waals surface area contributed by atoms with Crippen molar-refractivity contribution in [2.24, 2.45) is 0 Å². The number of nitrogens with one attached hydrogen (secondary N) is 3. The summed E-state index contributed by atoms with van der Waals surface area (Å²) in [6.45, 7) is 4.16. The Morgan fingerprint density at radius 2 is 1.88 bits per heavy atom. The van der Waals surface area contributed by atoms with E-state index in [2.05, 4.69) is 17.2 Å². The molecule has 8 heteroatoms. The van der Waals surface area contributed by atoms with Crippen LogP contribution in [0.25, 0.3) is 0 Å². The van der Waals surface area contributed by atoms with Gasteiger partial charge in [-0.15, -0.1) is 6.58 Å². The normalized spacial score (nSPS) is 12.2. The van der Waals surface area contributed by atoms with Gasteiger partial charge in [0.2, 0.25) is 0 Å². The van der Waals surface area contributed by atoms with Crippen molar-refractivity contribution in [1.82, 2.24) is 10.6 Å². The lowest BCUT2D eigenvalue weighted by Crippen LogP contribution is -2.37. The maximum absolute atomic E-state index is 12.1. The molecule has 1 rings (SSSR count). The molecule has 5 nitrogen and oxygen atoms in total. The second-order valence-corrected chi connectivity index (χ2v) is 5.10. The number of benzene rings is 1. The van der Waals surface area contributed by atoms with Gasteiger partial charge in [0, 0.05) is 17.3 Å². The van der Waals surface area contributed by atoms with Gasteiger partial charge >= 0.3 is 12.2 Å². The highest BCUT2D eigenvalue weighted by Gasteiger charge is 2.27. The molecule has 0 heterocycles. The van der Waals surface area contributed by atoms with Gasteiger partial charge in [-0.05, 0) is 37.1 Å². The van der Waals surface area contributed by atoms with E-state index in [1.807, 2.05) is 6.92 Å². The number of amides is 3. The summed E-state index contributed by atoms with van der Waals surface area (Å²) in [5.74, 6) is -0.833. The molecule has 1 aromatic carbocycles. The summed E-state index contributed by atoms with van der Waals surface area (Å²) in [6.07, 6.45) is -1.36. The first-order chi connectivity index (χ1) is 11.2. The Balaban J connectivity index is 2.56. The molecule has 0 aliphatic rings. The van der Waals surface area contributed by atoms with Crippen molar-refractivity contribution in [3.05, 3.63) is 42.5 Å². The maximum Gasteiger partial charge on any atom is 0.405 e. The van der Waals surface area contributed by atoms with Gasteiger partial charge in [-0.1, -0.05) is 13.0 Å². The summed E-state index contributed by atoms with van der Waals surface area (Å²) in [4.78, 5) is 23.4. The number of carbonyl (C=O) groups excluding carboxylic acids is 2. The number of alkyl halides is 3. The third-order valence-corrected chi connectivity index (χ3v) is 3.13. The van der Waals surface area contributed by atoms with Gasteiger partial charge in [-0.2, -0.15) is 13.2 Å². The lowest BCUT2D eigenvalue weighted by Gasteiger charge is -2.15.